The molecular formula is C18H19F2N5O3. The molecule has 10 heteroatoms. The molecule has 0 aliphatic carbocycles. The number of pyridine rings is 1. The summed E-state index contributed by atoms with van der Waals surface area (Å²) in [6.07, 6.45) is 0.615. The van der Waals surface area contributed by atoms with Gasteiger partial charge in [-0.1, -0.05) is 0 Å². The van der Waals surface area contributed by atoms with Crippen LogP contribution < -0.4 is 16.6 Å². The molecule has 0 spiro atoms. The fraction of sp³-hybridized carbons (Fsp3) is 0.278. The monoisotopic (exact) mass is 391 g/mol. The molecule has 0 bridgehead atoms. The Morgan fingerprint density at radius 3 is 2.36 bits per heavy atom. The third-order valence-electron chi connectivity index (χ3n) is 4.47. The highest BCUT2D eigenvalue weighted by atomic mass is 19.3. The zero-order valence-corrected chi connectivity index (χ0v) is 14.8. The third kappa shape index (κ3) is 4.34. The Morgan fingerprint density at radius 2 is 1.79 bits per heavy atom. The van der Waals surface area contributed by atoms with E-state index in [1.807, 2.05) is 0 Å². The van der Waals surface area contributed by atoms with Gasteiger partial charge in [-0.2, -0.15) is 0 Å². The lowest BCUT2D eigenvalue weighted by Crippen LogP contribution is -2.42. The maximum Gasteiger partial charge on any atom is 0.335 e. The average Bonchev–Trinajstić information content (AvgIpc) is 2.68. The Morgan fingerprint density at radius 1 is 1.14 bits per heavy atom. The molecule has 28 heavy (non-hydrogen) atoms. The molecule has 1 aromatic heterocycles. The number of rotatable bonds is 5. The van der Waals surface area contributed by atoms with Crippen molar-refractivity contribution in [2.45, 2.75) is 18.8 Å². The first kappa shape index (κ1) is 19.5. The first-order valence-electron chi connectivity index (χ1n) is 8.53. The minimum Gasteiger partial charge on any atom is -0.478 e. The van der Waals surface area contributed by atoms with E-state index in [-0.39, 0.29) is 37.1 Å². The van der Waals surface area contributed by atoms with Crippen LogP contribution in [-0.2, 0) is 0 Å². The number of benzene rings is 1. The number of carboxylic acids is 1. The number of anilines is 3. The number of amides is 1. The van der Waals surface area contributed by atoms with Crippen LogP contribution in [0.2, 0.25) is 0 Å². The number of nitrogens with one attached hydrogen (secondary N) is 2. The number of nitrogens with zero attached hydrogens (tertiary/aromatic N) is 2. The van der Waals surface area contributed by atoms with Crippen LogP contribution in [0, 0.1) is 0 Å². The number of hydrazine groups is 1. The van der Waals surface area contributed by atoms with Crippen molar-refractivity contribution in [1.82, 2.24) is 9.88 Å². The van der Waals surface area contributed by atoms with Gasteiger partial charge in [0.1, 0.15) is 0 Å². The molecule has 5 N–H and O–H groups in total. The molecule has 2 heterocycles. The van der Waals surface area contributed by atoms with Crippen LogP contribution in [0.25, 0.3) is 0 Å². The fourth-order valence-corrected chi connectivity index (χ4v) is 2.84. The summed E-state index contributed by atoms with van der Waals surface area (Å²) in [4.78, 5) is 29.0. The van der Waals surface area contributed by atoms with Gasteiger partial charge in [-0.05, 0) is 30.3 Å². The summed E-state index contributed by atoms with van der Waals surface area (Å²) >= 11 is 0. The van der Waals surface area contributed by atoms with Crippen molar-refractivity contribution in [2.75, 3.05) is 23.8 Å². The Kier molecular flexibility index (Phi) is 5.41. The number of nitrogen functional groups attached to an aromatic ring is 1. The highest BCUT2D eigenvalue weighted by molar-refractivity contribution is 5.96. The predicted molar refractivity (Wildman–Crippen MR) is 98.8 cm³/mol. The molecule has 0 atom stereocenters. The number of hydrogen-bond donors (Lipinski definition) is 4. The molecule has 1 aliphatic rings. The molecule has 1 amide bonds. The molecule has 1 fully saturated rings. The third-order valence-corrected chi connectivity index (χ3v) is 4.47. The number of carbonyl (C=O) groups excluding carboxylic acids is 1. The van der Waals surface area contributed by atoms with Gasteiger partial charge in [0.05, 0.1) is 16.8 Å². The van der Waals surface area contributed by atoms with E-state index in [9.17, 15) is 18.4 Å². The van der Waals surface area contributed by atoms with E-state index in [4.69, 9.17) is 10.9 Å². The molecule has 2 aromatic rings. The molecule has 0 radical (unpaired) electrons. The predicted octanol–water partition coefficient (Wildman–Crippen LogP) is 2.68. The van der Waals surface area contributed by atoms with Crippen LogP contribution >= 0.6 is 0 Å². The Labute approximate surface area is 159 Å². The molecule has 8 nitrogen and oxygen atoms in total. The largest absolute Gasteiger partial charge is 0.478 e. The first-order valence-corrected chi connectivity index (χ1v) is 8.53. The van der Waals surface area contributed by atoms with Crippen molar-refractivity contribution in [3.63, 3.8) is 0 Å². The molecule has 0 unspecified atom stereocenters. The standard InChI is InChI=1S/C18H19F2N5O3/c19-18(20)5-7-25(8-6-18)16(26)12-9-14(24-21)15(22-10-12)23-13-3-1-11(2-4-13)17(27)28/h1-4,9-10,24H,5-8,21H2,(H,22,23)(H,27,28). The Hall–Kier alpha value is -3.27. The fourth-order valence-electron chi connectivity index (χ4n) is 2.84. The van der Waals surface area contributed by atoms with Crippen LogP contribution in [0.4, 0.5) is 26.0 Å². The van der Waals surface area contributed by atoms with Crippen molar-refractivity contribution in [3.05, 3.63) is 47.7 Å². The quantitative estimate of drug-likeness (QED) is 0.457. The van der Waals surface area contributed by atoms with Crippen LogP contribution in [0.15, 0.2) is 36.5 Å². The van der Waals surface area contributed by atoms with Gasteiger partial charge in [0.2, 0.25) is 0 Å². The van der Waals surface area contributed by atoms with E-state index in [2.05, 4.69) is 15.7 Å². The lowest BCUT2D eigenvalue weighted by atomic mass is 10.1. The van der Waals surface area contributed by atoms with Gasteiger partial charge < -0.3 is 20.7 Å². The Bertz CT molecular complexity index is 879. The number of halogens is 2. The molecule has 1 aromatic carbocycles. The van der Waals surface area contributed by atoms with Gasteiger partial charge in [-0.3, -0.25) is 10.6 Å². The van der Waals surface area contributed by atoms with E-state index < -0.39 is 17.8 Å². The molecular weight excluding hydrogens is 372 g/mol. The lowest BCUT2D eigenvalue weighted by molar-refractivity contribution is -0.0494. The highest BCUT2D eigenvalue weighted by Crippen LogP contribution is 2.29. The van der Waals surface area contributed by atoms with E-state index in [0.717, 1.165) is 0 Å². The van der Waals surface area contributed by atoms with Crippen molar-refractivity contribution >= 4 is 29.1 Å². The van der Waals surface area contributed by atoms with Crippen molar-refractivity contribution < 1.29 is 23.5 Å². The highest BCUT2D eigenvalue weighted by Gasteiger charge is 2.35. The van der Waals surface area contributed by atoms with E-state index in [1.165, 1.54) is 29.3 Å². The summed E-state index contributed by atoms with van der Waals surface area (Å²) in [6, 6.07) is 7.49. The van der Waals surface area contributed by atoms with E-state index in [0.29, 0.717) is 17.2 Å². The summed E-state index contributed by atoms with van der Waals surface area (Å²) in [7, 11) is 0. The summed E-state index contributed by atoms with van der Waals surface area (Å²) in [5.74, 6) is 1.69. The van der Waals surface area contributed by atoms with Crippen molar-refractivity contribution in [1.29, 1.82) is 0 Å². The minimum atomic E-state index is -2.73. The maximum absolute atomic E-state index is 13.3. The van der Waals surface area contributed by atoms with Gasteiger partial charge in [0.15, 0.2) is 5.82 Å². The van der Waals surface area contributed by atoms with E-state index in [1.54, 1.807) is 12.1 Å². The number of aromatic nitrogens is 1. The summed E-state index contributed by atoms with van der Waals surface area (Å²) in [5, 5.41) is 11.9. The van der Waals surface area contributed by atoms with Gasteiger partial charge in [-0.15, -0.1) is 0 Å². The SMILES string of the molecule is NNc1cc(C(=O)N2CCC(F)(F)CC2)cnc1Nc1ccc(C(=O)O)cc1. The van der Waals surface area contributed by atoms with Crippen molar-refractivity contribution in [2.24, 2.45) is 5.84 Å². The van der Waals surface area contributed by atoms with Gasteiger partial charge in [0.25, 0.3) is 11.8 Å². The summed E-state index contributed by atoms with van der Waals surface area (Å²) in [6.45, 7) is -0.0414. The average molecular weight is 391 g/mol. The van der Waals surface area contributed by atoms with Crippen LogP contribution in [-0.4, -0.2) is 45.9 Å². The van der Waals surface area contributed by atoms with Gasteiger partial charge >= 0.3 is 5.97 Å². The minimum absolute atomic E-state index is 0.0207. The number of carbonyl (C=O) groups is 2. The smallest absolute Gasteiger partial charge is 0.335 e. The molecule has 148 valence electrons. The number of nitrogens with two attached hydrogens (primary N) is 1. The first-order chi connectivity index (χ1) is 13.3. The normalized spacial score (nSPS) is 15.8. The lowest BCUT2D eigenvalue weighted by Gasteiger charge is -2.31. The van der Waals surface area contributed by atoms with Crippen LogP contribution in [0.3, 0.4) is 0 Å². The zero-order chi connectivity index (χ0) is 20.3. The number of likely N-dealkylation sites (tertiary alicyclic amines) is 1. The van der Waals surface area contributed by atoms with Crippen LogP contribution in [0.1, 0.15) is 33.6 Å². The second-order valence-corrected chi connectivity index (χ2v) is 6.42. The number of hydrogen-bond acceptors (Lipinski definition) is 6. The zero-order valence-electron chi connectivity index (χ0n) is 14.8. The van der Waals surface area contributed by atoms with Gasteiger partial charge in [0, 0.05) is 37.8 Å². The van der Waals surface area contributed by atoms with E-state index >= 15 is 0 Å². The second kappa shape index (κ2) is 7.77. The molecule has 1 aliphatic heterocycles. The number of carboxylic acid groups (broad SMARTS) is 1. The van der Waals surface area contributed by atoms with Crippen LogP contribution in [0.5, 0.6) is 0 Å². The molecule has 1 saturated heterocycles. The second-order valence-electron chi connectivity index (χ2n) is 6.42. The molecule has 3 rings (SSSR count). The summed E-state index contributed by atoms with van der Waals surface area (Å²) in [5.41, 5.74) is 3.72. The topological polar surface area (TPSA) is 121 Å². The molecule has 0 saturated carbocycles. The summed E-state index contributed by atoms with van der Waals surface area (Å²) < 4.78 is 26.5. The number of alkyl halides is 2. The Balaban J connectivity index is 1.75. The number of piperidine rings is 1. The van der Waals surface area contributed by atoms with Gasteiger partial charge in [-0.25, -0.2) is 18.6 Å². The maximum atomic E-state index is 13.3. The number of aromatic carboxylic acids is 1. The van der Waals surface area contributed by atoms with Crippen molar-refractivity contribution in [3.8, 4) is 0 Å².